The van der Waals surface area contributed by atoms with Crippen molar-refractivity contribution in [2.24, 2.45) is 16.7 Å². The molecular weight excluding hydrogens is 268 g/mol. The quantitative estimate of drug-likeness (QED) is 0.837. The van der Waals surface area contributed by atoms with Crippen LogP contribution in [0.2, 0.25) is 0 Å². The zero-order valence-electron chi connectivity index (χ0n) is 13.0. The van der Waals surface area contributed by atoms with E-state index in [1.807, 2.05) is 13.8 Å². The topological polar surface area (TPSA) is 69.6 Å². The fourth-order valence-electron chi connectivity index (χ4n) is 4.02. The van der Waals surface area contributed by atoms with Crippen molar-refractivity contribution >= 4 is 12.0 Å². The Morgan fingerprint density at radius 1 is 1.24 bits per heavy atom. The molecule has 0 aromatic heterocycles. The summed E-state index contributed by atoms with van der Waals surface area (Å²) in [5.41, 5.74) is -0.0190. The number of carboxylic acids is 1. The normalized spacial score (nSPS) is 29.8. The maximum absolute atomic E-state index is 12.5. The summed E-state index contributed by atoms with van der Waals surface area (Å²) in [6.07, 6.45) is 6.74. The van der Waals surface area contributed by atoms with Gasteiger partial charge in [-0.05, 0) is 55.3 Å². The Labute approximate surface area is 126 Å². The summed E-state index contributed by atoms with van der Waals surface area (Å²) in [6, 6.07) is -0.913. The highest BCUT2D eigenvalue weighted by Crippen LogP contribution is 2.60. The fraction of sp³-hybridized carbons (Fsp3) is 0.875. The first-order valence-corrected chi connectivity index (χ1v) is 8.13. The van der Waals surface area contributed by atoms with Crippen LogP contribution in [-0.4, -0.2) is 41.1 Å². The second-order valence-corrected chi connectivity index (χ2v) is 7.82. The predicted octanol–water partition coefficient (Wildman–Crippen LogP) is 2.46. The van der Waals surface area contributed by atoms with Crippen LogP contribution in [-0.2, 0) is 4.79 Å². The average Bonchev–Trinajstić information content (AvgIpc) is 3.25. The van der Waals surface area contributed by atoms with Crippen molar-refractivity contribution in [2.75, 3.05) is 13.1 Å². The van der Waals surface area contributed by atoms with Crippen molar-refractivity contribution in [2.45, 2.75) is 58.4 Å². The SMILES string of the molecule is CC1(C)CCCN(C(=O)NCC2(C3CC3)CC2)C1C(=O)O. The molecule has 2 aliphatic carbocycles. The van der Waals surface area contributed by atoms with Crippen molar-refractivity contribution in [3.05, 3.63) is 0 Å². The molecule has 0 bridgehead atoms. The van der Waals surface area contributed by atoms with Crippen LogP contribution >= 0.6 is 0 Å². The van der Waals surface area contributed by atoms with Crippen LogP contribution in [0.5, 0.6) is 0 Å². The van der Waals surface area contributed by atoms with Crippen LogP contribution in [0.1, 0.15) is 52.4 Å². The molecule has 0 radical (unpaired) electrons. The van der Waals surface area contributed by atoms with E-state index in [1.165, 1.54) is 30.6 Å². The molecule has 2 saturated carbocycles. The number of nitrogens with zero attached hydrogens (tertiary/aromatic N) is 1. The van der Waals surface area contributed by atoms with Gasteiger partial charge < -0.3 is 15.3 Å². The minimum atomic E-state index is -0.891. The van der Waals surface area contributed by atoms with Crippen LogP contribution in [0.4, 0.5) is 4.79 Å². The first-order chi connectivity index (χ1) is 9.86. The van der Waals surface area contributed by atoms with E-state index in [4.69, 9.17) is 0 Å². The van der Waals surface area contributed by atoms with Crippen molar-refractivity contribution in [1.82, 2.24) is 10.2 Å². The Hall–Kier alpha value is -1.26. The molecule has 1 heterocycles. The monoisotopic (exact) mass is 294 g/mol. The molecule has 1 unspecified atom stereocenters. The molecule has 1 saturated heterocycles. The molecule has 5 heteroatoms. The standard InChI is InChI=1S/C16H26N2O3/c1-15(2)6-3-9-18(12(15)13(19)20)14(21)17-10-16(7-8-16)11-4-5-11/h11-12H,3-10H2,1-2H3,(H,17,21)(H,19,20). The summed E-state index contributed by atoms with van der Waals surface area (Å²) in [5, 5.41) is 12.5. The summed E-state index contributed by atoms with van der Waals surface area (Å²) in [6.45, 7) is 5.15. The van der Waals surface area contributed by atoms with Crippen LogP contribution in [0.25, 0.3) is 0 Å². The molecule has 3 rings (SSSR count). The molecule has 5 nitrogen and oxygen atoms in total. The third-order valence-corrected chi connectivity index (χ3v) is 5.69. The number of likely N-dealkylation sites (tertiary alicyclic amines) is 1. The number of nitrogens with one attached hydrogen (secondary N) is 1. The number of hydrogen-bond donors (Lipinski definition) is 2. The molecule has 1 aliphatic heterocycles. The van der Waals surface area contributed by atoms with Crippen LogP contribution < -0.4 is 5.32 Å². The van der Waals surface area contributed by atoms with E-state index in [-0.39, 0.29) is 11.4 Å². The van der Waals surface area contributed by atoms with Crippen LogP contribution in [0.15, 0.2) is 0 Å². The van der Waals surface area contributed by atoms with Gasteiger partial charge in [-0.2, -0.15) is 0 Å². The largest absolute Gasteiger partial charge is 0.480 e. The Bertz CT molecular complexity index is 452. The van der Waals surface area contributed by atoms with E-state index in [0.717, 1.165) is 25.3 Å². The molecule has 0 spiro atoms. The number of rotatable bonds is 4. The van der Waals surface area contributed by atoms with Crippen molar-refractivity contribution in [3.8, 4) is 0 Å². The summed E-state index contributed by atoms with van der Waals surface area (Å²) < 4.78 is 0. The van der Waals surface area contributed by atoms with Gasteiger partial charge >= 0.3 is 12.0 Å². The van der Waals surface area contributed by atoms with Crippen LogP contribution in [0, 0.1) is 16.7 Å². The number of hydrogen-bond acceptors (Lipinski definition) is 2. The van der Waals surface area contributed by atoms with E-state index < -0.39 is 12.0 Å². The number of piperidine rings is 1. The first kappa shape index (κ1) is 14.7. The smallest absolute Gasteiger partial charge is 0.327 e. The van der Waals surface area contributed by atoms with Crippen molar-refractivity contribution in [1.29, 1.82) is 0 Å². The Morgan fingerprint density at radius 2 is 1.90 bits per heavy atom. The van der Waals surface area contributed by atoms with Gasteiger partial charge in [0.15, 0.2) is 0 Å². The highest BCUT2D eigenvalue weighted by atomic mass is 16.4. The van der Waals surface area contributed by atoms with Gasteiger partial charge in [0.05, 0.1) is 0 Å². The maximum Gasteiger partial charge on any atom is 0.327 e. The summed E-state index contributed by atoms with van der Waals surface area (Å²) in [7, 11) is 0. The Balaban J connectivity index is 1.63. The molecule has 21 heavy (non-hydrogen) atoms. The molecule has 0 aromatic rings. The van der Waals surface area contributed by atoms with E-state index in [1.54, 1.807) is 0 Å². The summed E-state index contributed by atoms with van der Waals surface area (Å²) in [4.78, 5) is 25.6. The molecular formula is C16H26N2O3. The number of carbonyl (C=O) groups is 2. The van der Waals surface area contributed by atoms with Crippen molar-refractivity contribution < 1.29 is 14.7 Å². The lowest BCUT2D eigenvalue weighted by molar-refractivity contribution is -0.148. The van der Waals surface area contributed by atoms with Gasteiger partial charge in [-0.15, -0.1) is 0 Å². The van der Waals surface area contributed by atoms with E-state index in [2.05, 4.69) is 5.32 Å². The highest BCUT2D eigenvalue weighted by molar-refractivity contribution is 5.83. The number of aliphatic carboxylic acids is 1. The molecule has 3 fully saturated rings. The van der Waals surface area contributed by atoms with Gasteiger partial charge in [-0.25, -0.2) is 9.59 Å². The minimum absolute atomic E-state index is 0.192. The number of carboxylic acid groups (broad SMARTS) is 1. The van der Waals surface area contributed by atoms with E-state index in [9.17, 15) is 14.7 Å². The summed E-state index contributed by atoms with van der Waals surface area (Å²) in [5.74, 6) is -0.0935. The average molecular weight is 294 g/mol. The molecule has 118 valence electrons. The van der Waals surface area contributed by atoms with Gasteiger partial charge in [0.1, 0.15) is 6.04 Å². The van der Waals surface area contributed by atoms with Gasteiger partial charge in [-0.1, -0.05) is 13.8 Å². The molecule has 0 aromatic carbocycles. The van der Waals surface area contributed by atoms with Gasteiger partial charge in [0, 0.05) is 13.1 Å². The molecule has 1 atom stereocenters. The Kier molecular flexibility index (Phi) is 3.41. The van der Waals surface area contributed by atoms with Crippen LogP contribution in [0.3, 0.4) is 0 Å². The lowest BCUT2D eigenvalue weighted by Crippen LogP contribution is -2.59. The highest BCUT2D eigenvalue weighted by Gasteiger charge is 2.54. The van der Waals surface area contributed by atoms with Gasteiger partial charge in [-0.3, -0.25) is 0 Å². The third-order valence-electron chi connectivity index (χ3n) is 5.69. The van der Waals surface area contributed by atoms with E-state index >= 15 is 0 Å². The van der Waals surface area contributed by atoms with Gasteiger partial charge in [0.25, 0.3) is 0 Å². The number of carbonyl (C=O) groups excluding carboxylic acids is 1. The molecule has 3 aliphatic rings. The predicted molar refractivity (Wildman–Crippen MR) is 78.9 cm³/mol. The zero-order chi connectivity index (χ0) is 15.3. The number of urea groups is 1. The molecule has 2 N–H and O–H groups in total. The zero-order valence-corrected chi connectivity index (χ0v) is 13.0. The third kappa shape index (κ3) is 2.74. The van der Waals surface area contributed by atoms with Crippen molar-refractivity contribution in [3.63, 3.8) is 0 Å². The first-order valence-electron chi connectivity index (χ1n) is 8.13. The molecule has 2 amide bonds. The lowest BCUT2D eigenvalue weighted by Gasteiger charge is -2.43. The second kappa shape index (κ2) is 4.89. The van der Waals surface area contributed by atoms with E-state index in [0.29, 0.717) is 12.0 Å². The minimum Gasteiger partial charge on any atom is -0.480 e. The Morgan fingerprint density at radius 3 is 2.43 bits per heavy atom. The maximum atomic E-state index is 12.5. The fourth-order valence-corrected chi connectivity index (χ4v) is 4.02. The second-order valence-electron chi connectivity index (χ2n) is 7.82. The summed E-state index contributed by atoms with van der Waals surface area (Å²) >= 11 is 0. The number of amides is 2. The van der Waals surface area contributed by atoms with Gasteiger partial charge in [0.2, 0.25) is 0 Å². The lowest BCUT2D eigenvalue weighted by atomic mass is 9.76.